The number of carbonyl (C=O) groups excluding carboxylic acids is 1. The lowest BCUT2D eigenvalue weighted by molar-refractivity contribution is 0.0748. The molecule has 8 nitrogen and oxygen atoms in total. The van der Waals surface area contributed by atoms with Crippen LogP contribution < -0.4 is 4.90 Å². The number of pyridine rings is 2. The van der Waals surface area contributed by atoms with Gasteiger partial charge in [-0.1, -0.05) is 41.9 Å². The first-order chi connectivity index (χ1) is 17.7. The summed E-state index contributed by atoms with van der Waals surface area (Å²) in [5.74, 6) is 1.61. The van der Waals surface area contributed by atoms with Crippen molar-refractivity contribution in [3.8, 4) is 11.3 Å². The normalized spacial score (nSPS) is 13.9. The highest BCUT2D eigenvalue weighted by molar-refractivity contribution is 6.30. The Kier molecular flexibility index (Phi) is 5.87. The summed E-state index contributed by atoms with van der Waals surface area (Å²) in [6, 6.07) is 19.2. The van der Waals surface area contributed by atoms with E-state index in [1.165, 1.54) is 0 Å². The van der Waals surface area contributed by atoms with Gasteiger partial charge in [0.25, 0.3) is 5.91 Å². The summed E-state index contributed by atoms with van der Waals surface area (Å²) in [4.78, 5) is 27.2. The Morgan fingerprint density at radius 2 is 1.81 bits per heavy atom. The molecule has 4 aromatic heterocycles. The number of nitrogens with zero attached hydrogens (tertiary/aromatic N) is 6. The van der Waals surface area contributed by atoms with Gasteiger partial charge in [-0.2, -0.15) is 5.10 Å². The molecule has 9 heteroatoms. The van der Waals surface area contributed by atoms with Gasteiger partial charge in [0.15, 0.2) is 5.65 Å². The highest BCUT2D eigenvalue weighted by Crippen LogP contribution is 2.27. The van der Waals surface area contributed by atoms with Crippen molar-refractivity contribution in [2.45, 2.75) is 6.54 Å². The largest absolute Gasteiger partial charge is 0.467 e. The molecule has 0 radical (unpaired) electrons. The number of aromatic nitrogens is 4. The van der Waals surface area contributed by atoms with E-state index in [-0.39, 0.29) is 5.91 Å². The predicted molar refractivity (Wildman–Crippen MR) is 138 cm³/mol. The Hall–Kier alpha value is -4.17. The van der Waals surface area contributed by atoms with Gasteiger partial charge in [-0.3, -0.25) is 4.79 Å². The molecule has 5 aromatic rings. The fourth-order valence-corrected chi connectivity index (χ4v) is 4.62. The van der Waals surface area contributed by atoms with E-state index in [0.29, 0.717) is 49.0 Å². The number of benzene rings is 1. The quantitative estimate of drug-likeness (QED) is 0.348. The monoisotopic (exact) mass is 498 g/mol. The number of rotatable bonds is 5. The minimum absolute atomic E-state index is 0.0270. The Bertz CT molecular complexity index is 1490. The molecular formula is C27H23ClN6O2. The molecule has 5 heterocycles. The third-order valence-corrected chi connectivity index (χ3v) is 6.62. The van der Waals surface area contributed by atoms with Crippen molar-refractivity contribution in [1.29, 1.82) is 0 Å². The van der Waals surface area contributed by atoms with E-state index < -0.39 is 0 Å². The Labute approximate surface area is 212 Å². The van der Waals surface area contributed by atoms with Gasteiger partial charge in [-0.15, -0.1) is 0 Å². The van der Waals surface area contributed by atoms with Gasteiger partial charge in [0.05, 0.1) is 34.1 Å². The molecule has 0 unspecified atom stereocenters. The molecule has 180 valence electrons. The summed E-state index contributed by atoms with van der Waals surface area (Å²) in [6.45, 7) is 3.00. The lowest BCUT2D eigenvalue weighted by atomic mass is 10.1. The van der Waals surface area contributed by atoms with Crippen molar-refractivity contribution in [3.63, 3.8) is 0 Å². The minimum Gasteiger partial charge on any atom is -0.467 e. The van der Waals surface area contributed by atoms with E-state index in [0.717, 1.165) is 28.2 Å². The maximum absolute atomic E-state index is 13.8. The molecule has 1 amide bonds. The molecule has 1 aromatic carbocycles. The highest BCUT2D eigenvalue weighted by Gasteiger charge is 2.26. The first-order valence-corrected chi connectivity index (χ1v) is 12.1. The van der Waals surface area contributed by atoms with Crippen molar-refractivity contribution >= 4 is 34.4 Å². The van der Waals surface area contributed by atoms with E-state index in [1.807, 2.05) is 65.6 Å². The first kappa shape index (κ1) is 22.3. The van der Waals surface area contributed by atoms with Gasteiger partial charge in [0.1, 0.15) is 18.1 Å². The summed E-state index contributed by atoms with van der Waals surface area (Å²) in [5.41, 5.74) is 2.93. The molecule has 36 heavy (non-hydrogen) atoms. The number of hydrogen-bond acceptors (Lipinski definition) is 6. The molecule has 0 saturated carbocycles. The molecule has 1 saturated heterocycles. The number of carbonyl (C=O) groups is 1. The Balaban J connectivity index is 1.32. The van der Waals surface area contributed by atoms with Gasteiger partial charge in [-0.05, 0) is 30.3 Å². The zero-order valence-corrected chi connectivity index (χ0v) is 20.2. The maximum atomic E-state index is 13.8. The molecule has 1 aliphatic heterocycles. The predicted octanol–water partition coefficient (Wildman–Crippen LogP) is 4.75. The van der Waals surface area contributed by atoms with Crippen LogP contribution in [0.3, 0.4) is 0 Å². The standard InChI is InChI=1S/C27H23ClN6O2/c28-20-8-9-25(29-16-20)32-10-12-33(13-11-32)27(35)22-15-24(19-5-2-1-3-6-19)31-26-23(22)17-30-34(26)18-21-7-4-14-36-21/h1-9,14-17H,10-13,18H2. The molecule has 0 spiro atoms. The van der Waals surface area contributed by atoms with Crippen molar-refractivity contribution in [2.24, 2.45) is 0 Å². The van der Waals surface area contributed by atoms with Gasteiger partial charge >= 0.3 is 0 Å². The van der Waals surface area contributed by atoms with Crippen LogP contribution in [0.15, 0.2) is 83.7 Å². The molecule has 0 atom stereocenters. The molecule has 1 aliphatic rings. The van der Waals surface area contributed by atoms with Crippen LogP contribution in [0.5, 0.6) is 0 Å². The van der Waals surface area contributed by atoms with Crippen LogP contribution in [0.4, 0.5) is 5.82 Å². The van der Waals surface area contributed by atoms with Gasteiger partial charge < -0.3 is 14.2 Å². The van der Waals surface area contributed by atoms with Crippen LogP contribution in [0.25, 0.3) is 22.3 Å². The number of anilines is 1. The summed E-state index contributed by atoms with van der Waals surface area (Å²) in [5, 5.41) is 5.89. The SMILES string of the molecule is O=C(c1cc(-c2ccccc2)nc2c1cnn2Cc1ccco1)N1CCN(c2ccc(Cl)cn2)CC1. The molecule has 1 fully saturated rings. The number of furan rings is 1. The van der Waals surface area contributed by atoms with E-state index in [1.54, 1.807) is 23.3 Å². The second-order valence-electron chi connectivity index (χ2n) is 8.65. The van der Waals surface area contributed by atoms with Crippen LogP contribution in [0, 0.1) is 0 Å². The van der Waals surface area contributed by atoms with Crippen molar-refractivity contribution in [3.05, 3.63) is 95.7 Å². The van der Waals surface area contributed by atoms with E-state index in [4.69, 9.17) is 21.0 Å². The zero-order chi connectivity index (χ0) is 24.5. The average molecular weight is 499 g/mol. The van der Waals surface area contributed by atoms with Crippen molar-refractivity contribution in [1.82, 2.24) is 24.6 Å². The number of halogens is 1. The topological polar surface area (TPSA) is 80.3 Å². The summed E-state index contributed by atoms with van der Waals surface area (Å²) in [7, 11) is 0. The number of fused-ring (bicyclic) bond motifs is 1. The van der Waals surface area contributed by atoms with Crippen LogP contribution in [0.2, 0.25) is 5.02 Å². The average Bonchev–Trinajstić information content (AvgIpc) is 3.59. The van der Waals surface area contributed by atoms with Gasteiger partial charge in [0, 0.05) is 37.9 Å². The minimum atomic E-state index is -0.0270. The number of amides is 1. The van der Waals surface area contributed by atoms with E-state index in [2.05, 4.69) is 15.0 Å². The van der Waals surface area contributed by atoms with E-state index in [9.17, 15) is 4.79 Å². The smallest absolute Gasteiger partial charge is 0.254 e. The molecule has 0 aliphatic carbocycles. The molecular weight excluding hydrogens is 476 g/mol. The molecule has 0 bridgehead atoms. The third-order valence-electron chi connectivity index (χ3n) is 6.40. The van der Waals surface area contributed by atoms with Crippen LogP contribution in [0.1, 0.15) is 16.1 Å². The summed E-state index contributed by atoms with van der Waals surface area (Å²) < 4.78 is 7.29. The summed E-state index contributed by atoms with van der Waals surface area (Å²) >= 11 is 5.98. The van der Waals surface area contributed by atoms with Crippen molar-refractivity contribution < 1.29 is 9.21 Å². The third kappa shape index (κ3) is 4.31. The van der Waals surface area contributed by atoms with E-state index >= 15 is 0 Å². The Morgan fingerprint density at radius 3 is 2.53 bits per heavy atom. The number of piperazine rings is 1. The van der Waals surface area contributed by atoms with Crippen LogP contribution in [-0.4, -0.2) is 56.7 Å². The Morgan fingerprint density at radius 1 is 0.972 bits per heavy atom. The maximum Gasteiger partial charge on any atom is 0.254 e. The summed E-state index contributed by atoms with van der Waals surface area (Å²) in [6.07, 6.45) is 5.01. The second-order valence-corrected chi connectivity index (χ2v) is 9.09. The lowest BCUT2D eigenvalue weighted by Crippen LogP contribution is -2.49. The fourth-order valence-electron chi connectivity index (χ4n) is 4.51. The fraction of sp³-hybridized carbons (Fsp3) is 0.185. The van der Waals surface area contributed by atoms with Crippen LogP contribution in [-0.2, 0) is 6.54 Å². The molecule has 0 N–H and O–H groups in total. The molecule has 6 rings (SSSR count). The zero-order valence-electron chi connectivity index (χ0n) is 19.4. The van der Waals surface area contributed by atoms with Gasteiger partial charge in [0.2, 0.25) is 0 Å². The second kappa shape index (κ2) is 9.47. The number of hydrogen-bond donors (Lipinski definition) is 0. The lowest BCUT2D eigenvalue weighted by Gasteiger charge is -2.35. The highest BCUT2D eigenvalue weighted by atomic mass is 35.5. The van der Waals surface area contributed by atoms with Crippen molar-refractivity contribution in [2.75, 3.05) is 31.1 Å². The first-order valence-electron chi connectivity index (χ1n) is 11.8. The van der Waals surface area contributed by atoms with Crippen LogP contribution >= 0.6 is 11.6 Å². The van der Waals surface area contributed by atoms with Gasteiger partial charge in [-0.25, -0.2) is 14.6 Å².